The van der Waals surface area contributed by atoms with Gasteiger partial charge in [0.2, 0.25) is 5.91 Å². The molecule has 1 saturated carbocycles. The van der Waals surface area contributed by atoms with Crippen molar-refractivity contribution in [1.82, 2.24) is 10.2 Å². The highest BCUT2D eigenvalue weighted by molar-refractivity contribution is 5.87. The summed E-state index contributed by atoms with van der Waals surface area (Å²) in [6.07, 6.45) is 42.8. The van der Waals surface area contributed by atoms with Crippen molar-refractivity contribution in [2.45, 2.75) is 265 Å². The fourth-order valence-electron chi connectivity index (χ4n) is 8.59. The lowest BCUT2D eigenvalue weighted by atomic mass is 9.93. The van der Waals surface area contributed by atoms with Crippen LogP contribution in [0.25, 0.3) is 0 Å². The number of nitrogens with one attached hydrogen (secondary N) is 1. The summed E-state index contributed by atoms with van der Waals surface area (Å²) in [5, 5.41) is 3.16. The van der Waals surface area contributed by atoms with Crippen LogP contribution in [0.1, 0.15) is 259 Å². The summed E-state index contributed by atoms with van der Waals surface area (Å²) in [7, 11) is 0. The van der Waals surface area contributed by atoms with E-state index in [0.717, 1.165) is 110 Å². The molecule has 0 aromatic carbocycles. The van der Waals surface area contributed by atoms with Crippen LogP contribution >= 0.6 is 0 Å². The lowest BCUT2D eigenvalue weighted by molar-refractivity contribution is -0.150. The average molecular weight is 845 g/mol. The predicted molar refractivity (Wildman–Crippen MR) is 255 cm³/mol. The number of ether oxygens (including phenoxy) is 2. The van der Waals surface area contributed by atoms with Crippen LogP contribution in [-0.4, -0.2) is 61.6 Å². The number of carbonyl (C=O) groups excluding carboxylic acids is 3. The molecule has 60 heavy (non-hydrogen) atoms. The van der Waals surface area contributed by atoms with Crippen LogP contribution < -0.4 is 5.32 Å². The molecule has 7 nitrogen and oxygen atoms in total. The zero-order valence-corrected chi connectivity index (χ0v) is 40.4. The average Bonchev–Trinajstić information content (AvgIpc) is 4.06. The van der Waals surface area contributed by atoms with Crippen molar-refractivity contribution in [3.63, 3.8) is 0 Å². The number of carbonyl (C=O) groups is 3. The quantitative estimate of drug-likeness (QED) is 0.0373. The van der Waals surface area contributed by atoms with E-state index in [1.807, 2.05) is 6.08 Å². The summed E-state index contributed by atoms with van der Waals surface area (Å²) in [5.74, 6) is 0.832. The number of hydrogen-bond acceptors (Lipinski definition) is 6. The van der Waals surface area contributed by atoms with Crippen LogP contribution in [-0.2, 0) is 23.9 Å². The van der Waals surface area contributed by atoms with Gasteiger partial charge < -0.3 is 19.7 Å². The minimum Gasteiger partial charge on any atom is -0.466 e. The van der Waals surface area contributed by atoms with Crippen molar-refractivity contribution in [1.29, 1.82) is 0 Å². The zero-order chi connectivity index (χ0) is 43.8. The summed E-state index contributed by atoms with van der Waals surface area (Å²) >= 11 is 0. The molecular weight excluding hydrogens is 745 g/mol. The smallest absolute Gasteiger partial charge is 0.306 e. The molecule has 0 aliphatic heterocycles. The molecule has 0 heterocycles. The maximum atomic E-state index is 12.9. The number of hydrogen-bond donors (Lipinski definition) is 1. The molecule has 0 unspecified atom stereocenters. The highest BCUT2D eigenvalue weighted by atomic mass is 16.5. The van der Waals surface area contributed by atoms with Crippen molar-refractivity contribution >= 4 is 17.8 Å². The van der Waals surface area contributed by atoms with E-state index in [1.54, 1.807) is 0 Å². The van der Waals surface area contributed by atoms with Gasteiger partial charge in [0.25, 0.3) is 0 Å². The molecule has 0 spiro atoms. The molecule has 0 saturated heterocycles. The summed E-state index contributed by atoms with van der Waals surface area (Å²) in [6, 6.07) is 0. The minimum absolute atomic E-state index is 0.0138. The van der Waals surface area contributed by atoms with E-state index < -0.39 is 0 Å². The highest BCUT2D eigenvalue weighted by Crippen LogP contribution is 2.46. The Bertz CT molecular complexity index is 1000. The summed E-state index contributed by atoms with van der Waals surface area (Å²) in [4.78, 5) is 40.4. The fourth-order valence-corrected chi connectivity index (χ4v) is 8.59. The topological polar surface area (TPSA) is 84.9 Å². The van der Waals surface area contributed by atoms with Crippen LogP contribution in [0.3, 0.4) is 0 Å². The van der Waals surface area contributed by atoms with Gasteiger partial charge in [-0.25, -0.2) is 0 Å². The van der Waals surface area contributed by atoms with E-state index in [9.17, 15) is 14.4 Å². The lowest BCUT2D eigenvalue weighted by Gasteiger charge is -2.23. The van der Waals surface area contributed by atoms with Gasteiger partial charge in [-0.05, 0) is 103 Å². The molecule has 0 bridgehead atoms. The SMILES string of the molecule is C=CC1(C(=O)NCCCN(CCCCCCCC(=O)OCCC(CCCC)CCCC)CCCCCCCC(=O)OC(CCCCCCCC)CCCCCCCC)CC1. The first-order valence-electron chi connectivity index (χ1n) is 26.3. The van der Waals surface area contributed by atoms with Gasteiger partial charge in [0.15, 0.2) is 0 Å². The third-order valence-electron chi connectivity index (χ3n) is 13.1. The third kappa shape index (κ3) is 31.9. The molecule has 7 heteroatoms. The Morgan fingerprint density at radius 2 is 1.00 bits per heavy atom. The third-order valence-corrected chi connectivity index (χ3v) is 13.1. The van der Waals surface area contributed by atoms with Gasteiger partial charge >= 0.3 is 11.9 Å². The highest BCUT2D eigenvalue weighted by Gasteiger charge is 2.46. The van der Waals surface area contributed by atoms with E-state index in [-0.39, 0.29) is 29.4 Å². The first-order chi connectivity index (χ1) is 29.3. The van der Waals surface area contributed by atoms with Crippen LogP contribution in [0.15, 0.2) is 12.7 Å². The molecule has 1 rings (SSSR count). The molecule has 1 aliphatic rings. The van der Waals surface area contributed by atoms with Gasteiger partial charge in [-0.2, -0.15) is 0 Å². The first-order valence-corrected chi connectivity index (χ1v) is 26.3. The van der Waals surface area contributed by atoms with Crippen molar-refractivity contribution in [2.75, 3.05) is 32.8 Å². The Hall–Kier alpha value is -1.89. The summed E-state index contributed by atoms with van der Waals surface area (Å²) < 4.78 is 11.7. The van der Waals surface area contributed by atoms with Crippen LogP contribution in [0.2, 0.25) is 0 Å². The van der Waals surface area contributed by atoms with E-state index in [4.69, 9.17) is 9.47 Å². The van der Waals surface area contributed by atoms with E-state index in [1.165, 1.54) is 128 Å². The molecule has 352 valence electrons. The largest absolute Gasteiger partial charge is 0.466 e. The predicted octanol–water partition coefficient (Wildman–Crippen LogP) is 14.8. The van der Waals surface area contributed by atoms with E-state index in [0.29, 0.717) is 31.9 Å². The zero-order valence-electron chi connectivity index (χ0n) is 40.4. The van der Waals surface area contributed by atoms with Crippen molar-refractivity contribution in [2.24, 2.45) is 11.3 Å². The Labute approximate surface area is 372 Å². The van der Waals surface area contributed by atoms with Crippen molar-refractivity contribution in [3.8, 4) is 0 Å². The summed E-state index contributed by atoms with van der Waals surface area (Å²) in [5.41, 5.74) is -0.304. The van der Waals surface area contributed by atoms with Crippen molar-refractivity contribution < 1.29 is 23.9 Å². The Kier molecular flexibility index (Phi) is 37.3. The second-order valence-corrected chi connectivity index (χ2v) is 18.7. The van der Waals surface area contributed by atoms with Gasteiger partial charge in [0, 0.05) is 19.4 Å². The molecule has 1 fully saturated rings. The second-order valence-electron chi connectivity index (χ2n) is 18.7. The van der Waals surface area contributed by atoms with Crippen LogP contribution in [0, 0.1) is 11.3 Å². The van der Waals surface area contributed by atoms with Crippen LogP contribution in [0.5, 0.6) is 0 Å². The van der Waals surface area contributed by atoms with Crippen molar-refractivity contribution in [3.05, 3.63) is 12.7 Å². The molecule has 1 N–H and O–H groups in total. The van der Waals surface area contributed by atoms with Gasteiger partial charge in [-0.3, -0.25) is 14.4 Å². The first kappa shape index (κ1) is 56.1. The Balaban J connectivity index is 2.36. The molecule has 1 amide bonds. The molecular formula is C53H100N2O5. The Morgan fingerprint density at radius 3 is 1.50 bits per heavy atom. The molecule has 1 aliphatic carbocycles. The second kappa shape index (κ2) is 39.9. The molecule has 0 radical (unpaired) electrons. The number of nitrogens with zero attached hydrogens (tertiary/aromatic N) is 1. The fraction of sp³-hybridized carbons (Fsp3) is 0.906. The Morgan fingerprint density at radius 1 is 0.550 bits per heavy atom. The number of esters is 2. The number of rotatable bonds is 46. The van der Waals surface area contributed by atoms with Crippen LogP contribution in [0.4, 0.5) is 0 Å². The van der Waals surface area contributed by atoms with Gasteiger partial charge in [-0.15, -0.1) is 6.58 Å². The standard InChI is InChI=1S/C53H100N2O5/c1-6-11-15-17-21-27-36-49(37-28-22-18-16-12-7-2)60-51(57)39-30-24-20-26-32-45-55(46-33-43-54-52(58)53(10-5)41-42-53)44-31-25-19-23-29-38-50(56)59-47-40-48(34-13-8-3)35-14-9-4/h10,48-49H,5-9,11-47H2,1-4H3,(H,54,58). The number of amides is 1. The van der Waals surface area contributed by atoms with Gasteiger partial charge in [-0.1, -0.05) is 175 Å². The molecule has 0 atom stereocenters. The minimum atomic E-state index is -0.304. The van der Waals surface area contributed by atoms with Gasteiger partial charge in [0.05, 0.1) is 12.0 Å². The molecule has 0 aromatic heterocycles. The molecule has 0 aromatic rings. The maximum absolute atomic E-state index is 12.9. The normalized spacial score (nSPS) is 13.3. The maximum Gasteiger partial charge on any atom is 0.306 e. The lowest BCUT2D eigenvalue weighted by Crippen LogP contribution is -2.34. The summed E-state index contributed by atoms with van der Waals surface area (Å²) in [6.45, 7) is 17.4. The van der Waals surface area contributed by atoms with Gasteiger partial charge in [0.1, 0.15) is 6.10 Å². The monoisotopic (exact) mass is 845 g/mol. The van der Waals surface area contributed by atoms with E-state index >= 15 is 0 Å². The van der Waals surface area contributed by atoms with E-state index in [2.05, 4.69) is 44.5 Å². The number of unbranched alkanes of at least 4 members (excludes halogenated alkanes) is 20.